The average Bonchev–Trinajstić information content (AvgIpc) is 3.67. The molecule has 408 valence electrons. The number of anilines is 8. The Bertz CT molecular complexity index is 3750. The van der Waals surface area contributed by atoms with Gasteiger partial charge in [0.25, 0.3) is 6.71 Å². The summed E-state index contributed by atoms with van der Waals surface area (Å²) in [7, 11) is 0. The third-order valence-electron chi connectivity index (χ3n) is 23.2. The van der Waals surface area contributed by atoms with E-state index in [9.17, 15) is 0 Å². The highest BCUT2D eigenvalue weighted by molar-refractivity contribution is 7.26. The maximum absolute atomic E-state index is 2.87. The first-order chi connectivity index (χ1) is 37.2. The summed E-state index contributed by atoms with van der Waals surface area (Å²) in [6, 6.07) is 41.2. The lowest BCUT2D eigenvalue weighted by atomic mass is 9.33. The van der Waals surface area contributed by atoms with E-state index in [1.54, 1.807) is 5.56 Å². The summed E-state index contributed by atoms with van der Waals surface area (Å²) in [5.41, 5.74) is 27.7. The highest BCUT2D eigenvalue weighted by Gasteiger charge is 2.58. The van der Waals surface area contributed by atoms with Gasteiger partial charge in [-0.1, -0.05) is 159 Å². The van der Waals surface area contributed by atoms with Crippen molar-refractivity contribution in [2.24, 2.45) is 0 Å². The third kappa shape index (κ3) is 7.08. The SMILES string of the molecule is CCc1cc2sc3c(c2cc1CC)B1c2cc4c(cc2N(c2ccc5c(c2)C(C)(C)CCC5(C)C)c2cc(N5c6ccccc6C6(C)CCCCC56C)cc(c21)N3c1ccc2c(c1)C(C)(C)CCC2(C)C)C(C)(C)CCC4(C)C. The fourth-order valence-electron chi connectivity index (χ4n) is 17.5. The molecule has 2 atom stereocenters. The van der Waals surface area contributed by atoms with Gasteiger partial charge in [-0.2, -0.15) is 0 Å². The van der Waals surface area contributed by atoms with Crippen LogP contribution >= 0.6 is 11.3 Å². The highest BCUT2D eigenvalue weighted by atomic mass is 32.1. The van der Waals surface area contributed by atoms with Crippen LogP contribution in [0.4, 0.5) is 44.8 Å². The normalized spacial score (nSPS) is 24.7. The zero-order valence-electron chi connectivity index (χ0n) is 51.1. The number of fused-ring (bicyclic) bond motifs is 12. The second-order valence-corrected chi connectivity index (χ2v) is 31.6. The third-order valence-corrected chi connectivity index (χ3v) is 24.3. The minimum Gasteiger partial charge on any atom is -0.334 e. The van der Waals surface area contributed by atoms with Crippen LogP contribution in [-0.2, 0) is 50.7 Å². The van der Waals surface area contributed by atoms with E-state index in [1.165, 1.54) is 174 Å². The van der Waals surface area contributed by atoms with Crippen molar-refractivity contribution >= 4 is 89.3 Å². The van der Waals surface area contributed by atoms with Crippen LogP contribution in [0, 0.1) is 0 Å². The number of thiophene rings is 1. The van der Waals surface area contributed by atoms with Gasteiger partial charge in [-0.25, -0.2) is 0 Å². The molecule has 7 aliphatic rings. The van der Waals surface area contributed by atoms with Crippen LogP contribution in [0.15, 0.2) is 97.1 Å². The molecule has 4 heterocycles. The molecule has 7 aromatic rings. The van der Waals surface area contributed by atoms with E-state index in [1.807, 2.05) is 0 Å². The second-order valence-electron chi connectivity index (χ2n) is 30.5. The van der Waals surface area contributed by atoms with Crippen LogP contribution in [0.1, 0.15) is 225 Å². The van der Waals surface area contributed by atoms with Crippen LogP contribution in [0.3, 0.4) is 0 Å². The molecule has 3 aliphatic heterocycles. The first-order valence-electron chi connectivity index (χ1n) is 31.0. The van der Waals surface area contributed by atoms with Crippen molar-refractivity contribution < 1.29 is 0 Å². The van der Waals surface area contributed by atoms with Gasteiger partial charge in [-0.15, -0.1) is 11.3 Å². The van der Waals surface area contributed by atoms with Crippen molar-refractivity contribution in [1.29, 1.82) is 0 Å². The zero-order chi connectivity index (χ0) is 55.5. The van der Waals surface area contributed by atoms with Gasteiger partial charge in [-0.3, -0.25) is 0 Å². The number of aryl methyl sites for hydroxylation is 2. The van der Waals surface area contributed by atoms with Gasteiger partial charge >= 0.3 is 0 Å². The van der Waals surface area contributed by atoms with Gasteiger partial charge in [0.05, 0.1) is 10.5 Å². The molecule has 14 rings (SSSR count). The van der Waals surface area contributed by atoms with Crippen LogP contribution in [0.5, 0.6) is 0 Å². The summed E-state index contributed by atoms with van der Waals surface area (Å²) in [5.74, 6) is 0. The quantitative estimate of drug-likeness (QED) is 0.159. The Morgan fingerprint density at radius 2 is 0.911 bits per heavy atom. The predicted molar refractivity (Wildman–Crippen MR) is 343 cm³/mol. The Morgan fingerprint density at radius 1 is 0.418 bits per heavy atom. The Kier molecular flexibility index (Phi) is 11.0. The summed E-state index contributed by atoms with van der Waals surface area (Å²) in [6.07, 6.45) is 14.1. The minimum absolute atomic E-state index is 0.0152. The largest absolute Gasteiger partial charge is 0.334 e. The van der Waals surface area contributed by atoms with Gasteiger partial charge in [0.2, 0.25) is 0 Å². The lowest BCUT2D eigenvalue weighted by Gasteiger charge is -2.51. The first-order valence-corrected chi connectivity index (χ1v) is 31.8. The van der Waals surface area contributed by atoms with Crippen LogP contribution < -0.4 is 31.1 Å². The molecule has 5 heteroatoms. The molecule has 0 radical (unpaired) electrons. The van der Waals surface area contributed by atoms with Gasteiger partial charge in [-0.05, 0) is 230 Å². The Morgan fingerprint density at radius 3 is 1.49 bits per heavy atom. The van der Waals surface area contributed by atoms with E-state index in [0.29, 0.717) is 0 Å². The maximum Gasteiger partial charge on any atom is 0.254 e. The van der Waals surface area contributed by atoms with E-state index in [2.05, 4.69) is 234 Å². The smallest absolute Gasteiger partial charge is 0.254 e. The molecule has 0 amide bonds. The molecule has 3 nitrogen and oxygen atoms in total. The predicted octanol–water partition coefficient (Wildman–Crippen LogP) is 18.9. The lowest BCUT2D eigenvalue weighted by Crippen LogP contribution is -2.61. The van der Waals surface area contributed by atoms with Crippen molar-refractivity contribution in [3.63, 3.8) is 0 Å². The maximum atomic E-state index is 2.87. The second kappa shape index (κ2) is 16.7. The Hall–Kier alpha value is -5.26. The molecule has 1 aromatic heterocycles. The summed E-state index contributed by atoms with van der Waals surface area (Å²) in [5, 5.41) is 2.83. The molecular weight excluding hydrogens is 974 g/mol. The van der Waals surface area contributed by atoms with Crippen LogP contribution in [0.25, 0.3) is 10.1 Å². The van der Waals surface area contributed by atoms with Crippen molar-refractivity contribution in [2.75, 3.05) is 14.7 Å². The van der Waals surface area contributed by atoms with Crippen LogP contribution in [0.2, 0.25) is 0 Å². The van der Waals surface area contributed by atoms with Gasteiger partial charge in [0.15, 0.2) is 0 Å². The zero-order valence-corrected chi connectivity index (χ0v) is 51.9. The molecule has 0 N–H and O–H groups in total. The molecule has 2 unspecified atom stereocenters. The molecule has 4 aliphatic carbocycles. The number of benzene rings is 6. The van der Waals surface area contributed by atoms with Crippen LogP contribution in [-0.4, -0.2) is 12.3 Å². The van der Waals surface area contributed by atoms with E-state index in [4.69, 9.17) is 0 Å². The van der Waals surface area contributed by atoms with E-state index in [-0.39, 0.29) is 50.2 Å². The molecule has 0 spiro atoms. The number of rotatable bonds is 5. The van der Waals surface area contributed by atoms with Gasteiger partial charge in [0.1, 0.15) is 0 Å². The number of para-hydroxylation sites is 1. The minimum atomic E-state index is -0.112. The van der Waals surface area contributed by atoms with Gasteiger partial charge < -0.3 is 14.7 Å². The summed E-state index contributed by atoms with van der Waals surface area (Å²) in [6.45, 7) is 40.1. The Labute approximate surface area is 479 Å². The molecule has 1 fully saturated rings. The molecule has 0 bridgehead atoms. The van der Waals surface area contributed by atoms with Crippen molar-refractivity contribution in [1.82, 2.24) is 0 Å². The fraction of sp³-hybridized carbons (Fsp3) is 0.486. The van der Waals surface area contributed by atoms with E-state index >= 15 is 0 Å². The number of hydrogen-bond donors (Lipinski definition) is 0. The summed E-state index contributed by atoms with van der Waals surface area (Å²) in [4.78, 5) is 8.50. The monoisotopic (exact) mass is 1060 g/mol. The van der Waals surface area contributed by atoms with Crippen molar-refractivity contribution in [3.8, 4) is 0 Å². The lowest BCUT2D eigenvalue weighted by molar-refractivity contribution is 0.195. The molecular formula is C74H88BN3S. The fourth-order valence-corrected chi connectivity index (χ4v) is 18.9. The van der Waals surface area contributed by atoms with E-state index in [0.717, 1.165) is 19.3 Å². The van der Waals surface area contributed by atoms with Crippen molar-refractivity contribution in [3.05, 3.63) is 147 Å². The molecule has 6 aromatic carbocycles. The average molecular weight is 1060 g/mol. The van der Waals surface area contributed by atoms with Gasteiger partial charge in [0, 0.05) is 49.9 Å². The highest BCUT2D eigenvalue weighted by Crippen LogP contribution is 2.63. The number of hydrogen-bond acceptors (Lipinski definition) is 4. The standard InChI is InChI=1S/C74H88BN3S/c1-17-45-37-50-63(38-46(45)18-2)79-66-64(50)75-58-43-56-57(72(13,14)36-35-71(56,11)12)44-60(58)76(47-25-27-51-54(39-47)69(7,8)33-31-67(51,3)4)61-41-49(78-59-24-20-19-23-53(59)73(15)29-21-22-30-74(73,78)16)42-62(65(61)75)77(66)48-26-28-52-55(40-48)70(9,10)34-32-68(52,5)6/h19-20,23-28,37-44H,17-18,21-22,29-36H2,1-16H3. The van der Waals surface area contributed by atoms with Crippen molar-refractivity contribution in [2.45, 2.75) is 231 Å². The molecule has 1 saturated carbocycles. The summed E-state index contributed by atoms with van der Waals surface area (Å²) >= 11 is 2.06. The van der Waals surface area contributed by atoms with E-state index < -0.39 is 0 Å². The topological polar surface area (TPSA) is 9.72 Å². The summed E-state index contributed by atoms with van der Waals surface area (Å²) < 4.78 is 1.42. The molecule has 79 heavy (non-hydrogen) atoms. The number of nitrogens with zero attached hydrogens (tertiary/aromatic N) is 3. The first kappa shape index (κ1) is 51.9. The Balaban J connectivity index is 1.16. The molecule has 0 saturated heterocycles.